The number of fused-ring (bicyclic) bond motifs is 7. The molecule has 5 nitrogen and oxygen atoms in total. The Morgan fingerprint density at radius 1 is 0.463 bits per heavy atom. The van der Waals surface area contributed by atoms with E-state index in [-0.39, 0.29) is 5.92 Å². The topological polar surface area (TPSA) is 65.0 Å². The first kappa shape index (κ1) is 30.5. The van der Waals surface area contributed by atoms with Gasteiger partial charge in [-0.25, -0.2) is 15.0 Å². The minimum atomic E-state index is -0.0281. The molecule has 0 bridgehead atoms. The Morgan fingerprint density at radius 2 is 1.11 bits per heavy atom. The Labute approximate surface area is 310 Å². The van der Waals surface area contributed by atoms with E-state index in [9.17, 15) is 0 Å². The molecule has 1 aliphatic rings. The molecule has 0 aliphatic heterocycles. The number of benzene rings is 7. The fourth-order valence-electron chi connectivity index (χ4n) is 8.01. The molecule has 3 heterocycles. The first-order valence-electron chi connectivity index (χ1n) is 18.3. The predicted molar refractivity (Wildman–Crippen MR) is 218 cm³/mol. The lowest BCUT2D eigenvalue weighted by Gasteiger charge is -2.20. The lowest BCUT2D eigenvalue weighted by Crippen LogP contribution is -2.12. The van der Waals surface area contributed by atoms with Crippen LogP contribution in [0.4, 0.5) is 0 Å². The van der Waals surface area contributed by atoms with Gasteiger partial charge in [0.15, 0.2) is 11.6 Å². The molecule has 10 aromatic rings. The smallest absolute Gasteiger partial charge is 0.165 e. The maximum absolute atomic E-state index is 6.47. The monoisotopic (exact) mass is 693 g/mol. The number of allylic oxidation sites excluding steroid dienone is 1. The first-order chi connectivity index (χ1) is 26.7. The van der Waals surface area contributed by atoms with E-state index >= 15 is 0 Å². The van der Waals surface area contributed by atoms with Crippen molar-refractivity contribution in [1.82, 2.24) is 15.0 Å². The number of aromatic nitrogens is 3. The predicted octanol–water partition coefficient (Wildman–Crippen LogP) is 12.7. The van der Waals surface area contributed by atoms with Gasteiger partial charge in [0.1, 0.15) is 28.2 Å². The van der Waals surface area contributed by atoms with Crippen LogP contribution >= 0.6 is 0 Å². The van der Waals surface area contributed by atoms with Gasteiger partial charge in [-0.1, -0.05) is 133 Å². The van der Waals surface area contributed by atoms with Crippen molar-refractivity contribution in [3.05, 3.63) is 181 Å². The number of para-hydroxylation sites is 2. The van der Waals surface area contributed by atoms with Crippen molar-refractivity contribution in [1.29, 1.82) is 0 Å². The van der Waals surface area contributed by atoms with E-state index in [1.807, 2.05) is 36.4 Å². The SMILES string of the molecule is C1=CC(c2nc(-c3ccc(-c4ccccc4)cc3)nc(-c3c(-c4ccc5c(c4)oc4ccccc45)ccc4oc5ccccc5c34)n2)Cc2ccccc21. The summed E-state index contributed by atoms with van der Waals surface area (Å²) >= 11 is 0. The van der Waals surface area contributed by atoms with Gasteiger partial charge in [0.25, 0.3) is 0 Å². The molecule has 254 valence electrons. The molecule has 0 radical (unpaired) electrons. The second-order valence-corrected chi connectivity index (χ2v) is 13.9. The molecular weight excluding hydrogens is 663 g/mol. The van der Waals surface area contributed by atoms with Gasteiger partial charge >= 0.3 is 0 Å². The van der Waals surface area contributed by atoms with Crippen molar-refractivity contribution in [3.63, 3.8) is 0 Å². The number of nitrogens with zero attached hydrogens (tertiary/aromatic N) is 3. The first-order valence-corrected chi connectivity index (χ1v) is 18.3. The Hall–Kier alpha value is -7.11. The molecule has 3 aromatic heterocycles. The van der Waals surface area contributed by atoms with Gasteiger partial charge in [-0.2, -0.15) is 0 Å². The van der Waals surface area contributed by atoms with Crippen molar-refractivity contribution in [2.24, 2.45) is 0 Å². The van der Waals surface area contributed by atoms with Crippen LogP contribution in [0.2, 0.25) is 0 Å². The molecule has 1 unspecified atom stereocenters. The zero-order chi connectivity index (χ0) is 35.6. The highest BCUT2D eigenvalue weighted by molar-refractivity contribution is 6.15. The maximum atomic E-state index is 6.47. The van der Waals surface area contributed by atoms with Gasteiger partial charge in [0.05, 0.1) is 0 Å². The third-order valence-electron chi connectivity index (χ3n) is 10.7. The van der Waals surface area contributed by atoms with Gasteiger partial charge in [0.2, 0.25) is 0 Å². The summed E-state index contributed by atoms with van der Waals surface area (Å²) in [5.74, 6) is 1.94. The van der Waals surface area contributed by atoms with E-state index in [4.69, 9.17) is 23.8 Å². The summed E-state index contributed by atoms with van der Waals surface area (Å²) in [4.78, 5) is 15.9. The average molecular weight is 694 g/mol. The zero-order valence-electron chi connectivity index (χ0n) is 29.1. The Balaban J connectivity index is 1.15. The number of rotatable bonds is 5. The fourth-order valence-corrected chi connectivity index (χ4v) is 8.01. The summed E-state index contributed by atoms with van der Waals surface area (Å²) in [6.45, 7) is 0. The van der Waals surface area contributed by atoms with Crippen molar-refractivity contribution in [2.75, 3.05) is 0 Å². The van der Waals surface area contributed by atoms with Crippen molar-refractivity contribution < 1.29 is 8.83 Å². The van der Waals surface area contributed by atoms with Crippen LogP contribution < -0.4 is 0 Å². The molecule has 0 saturated heterocycles. The van der Waals surface area contributed by atoms with Gasteiger partial charge in [-0.05, 0) is 76.2 Å². The van der Waals surface area contributed by atoms with E-state index in [0.29, 0.717) is 11.6 Å². The van der Waals surface area contributed by atoms with Crippen LogP contribution in [0.1, 0.15) is 22.9 Å². The van der Waals surface area contributed by atoms with E-state index in [1.165, 1.54) is 11.1 Å². The van der Waals surface area contributed by atoms with Gasteiger partial charge < -0.3 is 8.83 Å². The normalized spacial score (nSPS) is 14.0. The molecule has 1 aliphatic carbocycles. The molecule has 54 heavy (non-hydrogen) atoms. The molecule has 7 aromatic carbocycles. The Kier molecular flexibility index (Phi) is 6.92. The van der Waals surface area contributed by atoms with E-state index in [2.05, 4.69) is 133 Å². The number of hydrogen-bond acceptors (Lipinski definition) is 5. The lowest BCUT2D eigenvalue weighted by atomic mass is 9.89. The molecule has 0 N–H and O–H groups in total. The molecule has 0 amide bonds. The van der Waals surface area contributed by atoms with Crippen molar-refractivity contribution in [2.45, 2.75) is 12.3 Å². The zero-order valence-corrected chi connectivity index (χ0v) is 29.1. The van der Waals surface area contributed by atoms with E-state index in [1.54, 1.807) is 0 Å². The highest BCUT2D eigenvalue weighted by Gasteiger charge is 2.25. The largest absolute Gasteiger partial charge is 0.456 e. The lowest BCUT2D eigenvalue weighted by molar-refractivity contribution is 0.669. The van der Waals surface area contributed by atoms with Crippen molar-refractivity contribution >= 4 is 50.0 Å². The van der Waals surface area contributed by atoms with E-state index < -0.39 is 0 Å². The second kappa shape index (κ2) is 12.2. The van der Waals surface area contributed by atoms with Crippen LogP contribution in [0.25, 0.3) is 95.0 Å². The van der Waals surface area contributed by atoms with Crippen LogP contribution in [-0.2, 0) is 6.42 Å². The molecule has 0 fully saturated rings. The summed E-state index contributed by atoms with van der Waals surface area (Å²) < 4.78 is 12.9. The molecule has 0 saturated carbocycles. The minimum Gasteiger partial charge on any atom is -0.456 e. The quantitative estimate of drug-likeness (QED) is 0.179. The highest BCUT2D eigenvalue weighted by Crippen LogP contribution is 2.44. The maximum Gasteiger partial charge on any atom is 0.165 e. The third kappa shape index (κ3) is 5.05. The average Bonchev–Trinajstić information content (AvgIpc) is 3.81. The number of furan rings is 2. The minimum absolute atomic E-state index is 0.0281. The second-order valence-electron chi connectivity index (χ2n) is 13.9. The summed E-state index contributed by atoms with van der Waals surface area (Å²) in [6, 6.07) is 54.5. The third-order valence-corrected chi connectivity index (χ3v) is 10.7. The standard InChI is InChI=1S/C49H31N3O2/c1-2-10-30(11-3-1)32-18-21-33(22-19-32)47-50-48(36-23-20-31-12-4-5-13-34(31)28-36)52-49(51-47)46-37(26-27-43-45(46)40-15-7-9-17-42(40)53-43)35-24-25-39-38-14-6-8-16-41(38)54-44(39)29-35/h1-27,29,36H,28H2. The molecule has 11 rings (SSSR count). The highest BCUT2D eigenvalue weighted by atomic mass is 16.3. The molecule has 5 heteroatoms. The fraction of sp³-hybridized carbons (Fsp3) is 0.0408. The number of hydrogen-bond donors (Lipinski definition) is 0. The summed E-state index contributed by atoms with van der Waals surface area (Å²) in [7, 11) is 0. The van der Waals surface area contributed by atoms with Gasteiger partial charge in [0, 0.05) is 38.6 Å². The Morgan fingerprint density at radius 3 is 1.98 bits per heavy atom. The van der Waals surface area contributed by atoms with Gasteiger partial charge in [-0.15, -0.1) is 0 Å². The molecule has 0 spiro atoms. The van der Waals surface area contributed by atoms with Crippen molar-refractivity contribution in [3.8, 4) is 45.0 Å². The molecule has 1 atom stereocenters. The summed E-state index contributed by atoms with van der Waals surface area (Å²) in [5.41, 5.74) is 11.9. The van der Waals surface area contributed by atoms with Gasteiger partial charge in [-0.3, -0.25) is 0 Å². The van der Waals surface area contributed by atoms with Crippen LogP contribution in [0.3, 0.4) is 0 Å². The van der Waals surface area contributed by atoms with E-state index in [0.717, 1.165) is 89.5 Å². The van der Waals surface area contributed by atoms with Crippen LogP contribution in [0.15, 0.2) is 173 Å². The summed E-state index contributed by atoms with van der Waals surface area (Å²) in [5, 5.41) is 4.16. The van der Waals surface area contributed by atoms with Crippen LogP contribution in [0.5, 0.6) is 0 Å². The summed E-state index contributed by atoms with van der Waals surface area (Å²) in [6.07, 6.45) is 5.23. The molecular formula is C49H31N3O2. The Bertz CT molecular complexity index is 3080. The van der Waals surface area contributed by atoms with Crippen LogP contribution in [0, 0.1) is 0 Å². The van der Waals surface area contributed by atoms with Crippen LogP contribution in [-0.4, -0.2) is 15.0 Å².